The van der Waals surface area contributed by atoms with E-state index in [0.29, 0.717) is 5.41 Å². The SMILES string of the molecule is CCC1CCC2(CCN(C(C)=O)CC2)C1. The van der Waals surface area contributed by atoms with E-state index in [2.05, 4.69) is 6.92 Å². The van der Waals surface area contributed by atoms with Crippen molar-refractivity contribution in [2.75, 3.05) is 13.1 Å². The fourth-order valence-corrected chi connectivity index (χ4v) is 3.43. The molecule has 86 valence electrons. The standard InChI is InChI=1S/C13H23NO/c1-3-12-4-5-13(10-12)6-8-14(9-7-13)11(2)15/h12H,3-10H2,1-2H3. The van der Waals surface area contributed by atoms with Crippen LogP contribution in [0.3, 0.4) is 0 Å². The molecule has 1 aliphatic heterocycles. The van der Waals surface area contributed by atoms with Crippen LogP contribution in [0.15, 0.2) is 0 Å². The molecular formula is C13H23NO. The minimum atomic E-state index is 0.259. The molecule has 2 heteroatoms. The topological polar surface area (TPSA) is 20.3 Å². The van der Waals surface area contributed by atoms with Gasteiger partial charge >= 0.3 is 0 Å². The van der Waals surface area contributed by atoms with Gasteiger partial charge in [-0.1, -0.05) is 13.3 Å². The van der Waals surface area contributed by atoms with Crippen LogP contribution in [0.4, 0.5) is 0 Å². The molecule has 1 heterocycles. The quantitative estimate of drug-likeness (QED) is 0.650. The number of carbonyl (C=O) groups is 1. The van der Waals surface area contributed by atoms with Gasteiger partial charge in [-0.2, -0.15) is 0 Å². The maximum absolute atomic E-state index is 11.2. The first-order valence-electron chi connectivity index (χ1n) is 6.41. The van der Waals surface area contributed by atoms with Crippen LogP contribution >= 0.6 is 0 Å². The number of hydrogen-bond donors (Lipinski definition) is 0. The number of carbonyl (C=O) groups excluding carboxylic acids is 1. The molecule has 1 saturated heterocycles. The molecule has 0 bridgehead atoms. The van der Waals surface area contributed by atoms with Crippen LogP contribution in [-0.2, 0) is 4.79 Å². The summed E-state index contributed by atoms with van der Waals surface area (Å²) >= 11 is 0. The smallest absolute Gasteiger partial charge is 0.219 e. The van der Waals surface area contributed by atoms with Crippen molar-refractivity contribution in [3.63, 3.8) is 0 Å². The molecule has 0 aromatic carbocycles. The summed E-state index contributed by atoms with van der Waals surface area (Å²) in [5.74, 6) is 1.23. The molecule has 0 N–H and O–H groups in total. The van der Waals surface area contributed by atoms with Crippen LogP contribution in [0.2, 0.25) is 0 Å². The lowest BCUT2D eigenvalue weighted by atomic mass is 9.76. The van der Waals surface area contributed by atoms with Crippen LogP contribution in [0, 0.1) is 11.3 Å². The van der Waals surface area contributed by atoms with Crippen molar-refractivity contribution in [3.8, 4) is 0 Å². The maximum atomic E-state index is 11.2. The minimum Gasteiger partial charge on any atom is -0.343 e. The fraction of sp³-hybridized carbons (Fsp3) is 0.923. The van der Waals surface area contributed by atoms with E-state index in [0.717, 1.165) is 19.0 Å². The summed E-state index contributed by atoms with van der Waals surface area (Å²) in [7, 11) is 0. The molecular weight excluding hydrogens is 186 g/mol. The Labute approximate surface area is 93.0 Å². The lowest BCUT2D eigenvalue weighted by Gasteiger charge is -2.39. The van der Waals surface area contributed by atoms with Gasteiger partial charge in [-0.05, 0) is 43.4 Å². The Morgan fingerprint density at radius 2 is 2.00 bits per heavy atom. The zero-order valence-corrected chi connectivity index (χ0v) is 10.1. The first-order valence-corrected chi connectivity index (χ1v) is 6.41. The van der Waals surface area contributed by atoms with Crippen molar-refractivity contribution in [2.45, 2.75) is 52.4 Å². The van der Waals surface area contributed by atoms with E-state index < -0.39 is 0 Å². The minimum absolute atomic E-state index is 0.259. The third kappa shape index (κ3) is 2.19. The van der Waals surface area contributed by atoms with Gasteiger partial charge in [-0.3, -0.25) is 4.79 Å². The molecule has 1 saturated carbocycles. The summed E-state index contributed by atoms with van der Waals surface area (Å²) in [4.78, 5) is 13.3. The van der Waals surface area contributed by atoms with Crippen LogP contribution in [0.1, 0.15) is 52.4 Å². The second-order valence-corrected chi connectivity index (χ2v) is 5.52. The van der Waals surface area contributed by atoms with E-state index in [4.69, 9.17) is 0 Å². The van der Waals surface area contributed by atoms with Crippen molar-refractivity contribution in [1.82, 2.24) is 4.90 Å². The van der Waals surface area contributed by atoms with Gasteiger partial charge in [-0.25, -0.2) is 0 Å². The van der Waals surface area contributed by atoms with E-state index in [1.807, 2.05) is 4.90 Å². The highest BCUT2D eigenvalue weighted by atomic mass is 16.2. The monoisotopic (exact) mass is 209 g/mol. The molecule has 2 aliphatic rings. The number of likely N-dealkylation sites (tertiary alicyclic amines) is 1. The Bertz CT molecular complexity index is 241. The largest absolute Gasteiger partial charge is 0.343 e. The molecule has 0 aromatic rings. The average Bonchev–Trinajstić information content (AvgIpc) is 2.62. The molecule has 2 rings (SSSR count). The summed E-state index contributed by atoms with van der Waals surface area (Å²) < 4.78 is 0. The van der Waals surface area contributed by atoms with Crippen LogP contribution in [-0.4, -0.2) is 23.9 Å². The Morgan fingerprint density at radius 1 is 1.33 bits per heavy atom. The molecule has 1 spiro atoms. The van der Waals surface area contributed by atoms with Crippen molar-refractivity contribution in [2.24, 2.45) is 11.3 Å². The third-order valence-electron chi connectivity index (χ3n) is 4.65. The van der Waals surface area contributed by atoms with Gasteiger partial charge < -0.3 is 4.90 Å². The summed E-state index contributed by atoms with van der Waals surface area (Å²) in [6.45, 7) is 6.02. The third-order valence-corrected chi connectivity index (χ3v) is 4.65. The molecule has 15 heavy (non-hydrogen) atoms. The second kappa shape index (κ2) is 4.15. The van der Waals surface area contributed by atoms with Crippen LogP contribution in [0.25, 0.3) is 0 Å². The number of piperidine rings is 1. The van der Waals surface area contributed by atoms with E-state index in [9.17, 15) is 4.79 Å². The van der Waals surface area contributed by atoms with Crippen molar-refractivity contribution in [1.29, 1.82) is 0 Å². The summed E-state index contributed by atoms with van der Waals surface area (Å²) in [5.41, 5.74) is 0.618. The van der Waals surface area contributed by atoms with Gasteiger partial charge in [0.15, 0.2) is 0 Å². The predicted molar refractivity (Wildman–Crippen MR) is 61.6 cm³/mol. The Morgan fingerprint density at radius 3 is 2.47 bits per heavy atom. The number of rotatable bonds is 1. The maximum Gasteiger partial charge on any atom is 0.219 e. The highest BCUT2D eigenvalue weighted by Crippen LogP contribution is 2.49. The van der Waals surface area contributed by atoms with Crippen LogP contribution in [0.5, 0.6) is 0 Å². The first kappa shape index (κ1) is 11.0. The van der Waals surface area contributed by atoms with E-state index >= 15 is 0 Å². The summed E-state index contributed by atoms with van der Waals surface area (Å²) in [5, 5.41) is 0. The van der Waals surface area contributed by atoms with Gasteiger partial charge in [0.05, 0.1) is 0 Å². The van der Waals surface area contributed by atoms with E-state index in [1.165, 1.54) is 38.5 Å². The van der Waals surface area contributed by atoms with Crippen molar-refractivity contribution >= 4 is 5.91 Å². The molecule has 0 radical (unpaired) electrons. The predicted octanol–water partition coefficient (Wildman–Crippen LogP) is 2.83. The normalized spacial score (nSPS) is 29.7. The van der Waals surface area contributed by atoms with E-state index in [1.54, 1.807) is 6.92 Å². The summed E-state index contributed by atoms with van der Waals surface area (Å²) in [6, 6.07) is 0. The fourth-order valence-electron chi connectivity index (χ4n) is 3.43. The molecule has 1 atom stereocenters. The van der Waals surface area contributed by atoms with Crippen LogP contribution < -0.4 is 0 Å². The molecule has 2 nitrogen and oxygen atoms in total. The molecule has 1 amide bonds. The highest BCUT2D eigenvalue weighted by molar-refractivity contribution is 5.73. The lowest BCUT2D eigenvalue weighted by molar-refractivity contribution is -0.131. The molecule has 1 unspecified atom stereocenters. The van der Waals surface area contributed by atoms with Crippen molar-refractivity contribution in [3.05, 3.63) is 0 Å². The van der Waals surface area contributed by atoms with Crippen molar-refractivity contribution < 1.29 is 4.79 Å². The zero-order valence-electron chi connectivity index (χ0n) is 10.1. The number of hydrogen-bond acceptors (Lipinski definition) is 1. The molecule has 1 aliphatic carbocycles. The Hall–Kier alpha value is -0.530. The molecule has 2 fully saturated rings. The highest BCUT2D eigenvalue weighted by Gasteiger charge is 2.40. The Kier molecular flexibility index (Phi) is 3.03. The Balaban J connectivity index is 1.90. The van der Waals surface area contributed by atoms with Gasteiger partial charge in [0.1, 0.15) is 0 Å². The number of nitrogens with zero attached hydrogens (tertiary/aromatic N) is 1. The average molecular weight is 209 g/mol. The zero-order chi connectivity index (χ0) is 10.9. The lowest BCUT2D eigenvalue weighted by Crippen LogP contribution is -2.41. The van der Waals surface area contributed by atoms with Gasteiger partial charge in [0.2, 0.25) is 5.91 Å². The van der Waals surface area contributed by atoms with E-state index in [-0.39, 0.29) is 5.91 Å². The van der Waals surface area contributed by atoms with Gasteiger partial charge in [0, 0.05) is 20.0 Å². The molecule has 0 aromatic heterocycles. The van der Waals surface area contributed by atoms with Gasteiger partial charge in [-0.15, -0.1) is 0 Å². The second-order valence-electron chi connectivity index (χ2n) is 5.52. The van der Waals surface area contributed by atoms with Gasteiger partial charge in [0.25, 0.3) is 0 Å². The summed E-state index contributed by atoms with van der Waals surface area (Å²) in [6.07, 6.45) is 8.12. The number of amides is 1. The first-order chi connectivity index (χ1) is 7.15.